The van der Waals surface area contributed by atoms with Gasteiger partial charge in [0.05, 0.1) is 25.4 Å². The number of hydrogen-bond donors (Lipinski definition) is 4. The number of hydrogen-bond acceptors (Lipinski definition) is 6. The molecule has 0 aromatic heterocycles. The van der Waals surface area contributed by atoms with Crippen LogP contribution in [-0.2, 0) is 18.4 Å². The van der Waals surface area contributed by atoms with Crippen LogP contribution in [0.2, 0.25) is 0 Å². The van der Waals surface area contributed by atoms with Crippen molar-refractivity contribution in [2.75, 3.05) is 19.8 Å². The molecule has 0 spiro atoms. The van der Waals surface area contributed by atoms with E-state index in [2.05, 4.69) is 55.6 Å². The van der Waals surface area contributed by atoms with Crippen molar-refractivity contribution in [3.63, 3.8) is 0 Å². The number of amides is 1. The van der Waals surface area contributed by atoms with Gasteiger partial charge in [0, 0.05) is 13.0 Å². The van der Waals surface area contributed by atoms with E-state index in [4.69, 9.17) is 14.8 Å². The zero-order chi connectivity index (χ0) is 34.7. The molecule has 3 unspecified atom stereocenters. The highest BCUT2D eigenvalue weighted by Crippen LogP contribution is 2.43. The first kappa shape index (κ1) is 45.5. The normalized spacial score (nSPS) is 14.9. The lowest BCUT2D eigenvalue weighted by atomic mass is 10.1. The molecule has 3 atom stereocenters. The lowest BCUT2D eigenvalue weighted by Gasteiger charge is -2.23. The van der Waals surface area contributed by atoms with Gasteiger partial charge < -0.3 is 21.1 Å². The summed E-state index contributed by atoms with van der Waals surface area (Å²) >= 11 is 0. The lowest BCUT2D eigenvalue weighted by Crippen LogP contribution is -2.45. The molecule has 0 aliphatic heterocycles. The topological polar surface area (TPSA) is 131 Å². The van der Waals surface area contributed by atoms with Gasteiger partial charge in [-0.15, -0.1) is 0 Å². The molecule has 47 heavy (non-hydrogen) atoms. The summed E-state index contributed by atoms with van der Waals surface area (Å²) in [6.07, 6.45) is 40.2. The Hall–Kier alpha value is -1.54. The molecule has 1 amide bonds. The van der Waals surface area contributed by atoms with Gasteiger partial charge in [0.25, 0.3) is 0 Å². The Morgan fingerprint density at radius 1 is 0.681 bits per heavy atom. The summed E-state index contributed by atoms with van der Waals surface area (Å²) in [6.45, 7) is 4.00. The lowest BCUT2D eigenvalue weighted by molar-refractivity contribution is -0.123. The number of nitrogens with one attached hydrogen (secondary N) is 1. The second-order valence-corrected chi connectivity index (χ2v) is 13.9. The summed E-state index contributed by atoms with van der Waals surface area (Å²) < 4.78 is 22.0. The molecule has 0 rings (SSSR count). The van der Waals surface area contributed by atoms with E-state index in [1.54, 1.807) is 6.08 Å². The predicted molar refractivity (Wildman–Crippen MR) is 198 cm³/mol. The predicted octanol–water partition coefficient (Wildman–Crippen LogP) is 9.77. The smallest absolute Gasteiger partial charge is 0.387 e. The molecular formula is C38H71N2O6P. The maximum atomic E-state index is 12.6. The third kappa shape index (κ3) is 32.8. The van der Waals surface area contributed by atoms with Crippen LogP contribution in [0.4, 0.5) is 0 Å². The van der Waals surface area contributed by atoms with E-state index < -0.39 is 20.0 Å². The van der Waals surface area contributed by atoms with E-state index in [1.807, 2.05) is 6.08 Å². The average molecular weight is 683 g/mol. The number of carbonyl (C=O) groups is 1. The molecule has 0 fully saturated rings. The summed E-state index contributed by atoms with van der Waals surface area (Å²) in [5.74, 6) is -0.223. The zero-order valence-electron chi connectivity index (χ0n) is 30.0. The van der Waals surface area contributed by atoms with Gasteiger partial charge in [-0.2, -0.15) is 0 Å². The maximum Gasteiger partial charge on any atom is 0.472 e. The number of nitrogens with two attached hydrogens (primary N) is 1. The van der Waals surface area contributed by atoms with Gasteiger partial charge in [-0.25, -0.2) is 4.57 Å². The first-order valence-corrected chi connectivity index (χ1v) is 20.3. The monoisotopic (exact) mass is 683 g/mol. The number of rotatable bonds is 34. The molecule has 0 heterocycles. The number of aliphatic hydroxyl groups excluding tert-OH is 1. The first-order chi connectivity index (χ1) is 22.9. The molecule has 0 aromatic rings. The first-order valence-electron chi connectivity index (χ1n) is 18.8. The molecule has 8 nitrogen and oxygen atoms in total. The van der Waals surface area contributed by atoms with Crippen molar-refractivity contribution < 1.29 is 28.4 Å². The Balaban J connectivity index is 4.40. The molecule has 0 aliphatic carbocycles. The van der Waals surface area contributed by atoms with E-state index in [-0.39, 0.29) is 25.7 Å². The zero-order valence-corrected chi connectivity index (χ0v) is 30.9. The number of phosphoric ester groups is 1. The molecule has 5 N–H and O–H groups in total. The number of allylic oxidation sites excluding steroid dienone is 7. The minimum absolute atomic E-state index is 0.0689. The van der Waals surface area contributed by atoms with Crippen LogP contribution in [0.5, 0.6) is 0 Å². The third-order valence-electron chi connectivity index (χ3n) is 7.84. The van der Waals surface area contributed by atoms with Crippen LogP contribution >= 0.6 is 7.82 Å². The van der Waals surface area contributed by atoms with Crippen molar-refractivity contribution in [2.24, 2.45) is 5.73 Å². The highest BCUT2D eigenvalue weighted by Gasteiger charge is 2.26. The standard InChI is InChI=1S/C38H71N2O6P/c1-3-5-7-9-11-13-15-16-17-18-19-20-21-22-23-25-27-29-31-37(41)36(35-46-47(43,44)45-34-33-39)40-38(42)32-30-28-26-24-14-12-10-8-6-4-2/h8,10,18-19,22-23,29,31,36-37,41H,3-7,9,11-17,20-21,24-28,30,32-35,39H2,1-2H3,(H,40,42)(H,43,44)/b10-8-,19-18+,23-22+,31-29+. The summed E-state index contributed by atoms with van der Waals surface area (Å²) in [6, 6.07) is -0.885. The van der Waals surface area contributed by atoms with Crippen molar-refractivity contribution in [1.29, 1.82) is 0 Å². The summed E-state index contributed by atoms with van der Waals surface area (Å²) in [4.78, 5) is 22.5. The molecule has 0 radical (unpaired) electrons. The number of aliphatic hydroxyl groups is 1. The third-order valence-corrected chi connectivity index (χ3v) is 8.82. The Kier molecular flexibility index (Phi) is 33.2. The quantitative estimate of drug-likeness (QED) is 0.0302. The van der Waals surface area contributed by atoms with Crippen LogP contribution in [0.15, 0.2) is 48.6 Å². The Labute approximate surface area is 288 Å². The molecule has 0 aliphatic rings. The fourth-order valence-corrected chi connectivity index (χ4v) is 5.75. The van der Waals surface area contributed by atoms with Crippen LogP contribution in [0.1, 0.15) is 155 Å². The van der Waals surface area contributed by atoms with E-state index in [0.717, 1.165) is 70.6 Å². The van der Waals surface area contributed by atoms with Crippen molar-refractivity contribution in [3.8, 4) is 0 Å². The van der Waals surface area contributed by atoms with Gasteiger partial charge in [0.15, 0.2) is 0 Å². The molecular weight excluding hydrogens is 611 g/mol. The fourth-order valence-electron chi connectivity index (χ4n) is 4.99. The van der Waals surface area contributed by atoms with Crippen LogP contribution in [0, 0.1) is 0 Å². The molecule has 274 valence electrons. The highest BCUT2D eigenvalue weighted by atomic mass is 31.2. The summed E-state index contributed by atoms with van der Waals surface area (Å²) in [5.41, 5.74) is 5.34. The number of phosphoric acid groups is 1. The van der Waals surface area contributed by atoms with Crippen LogP contribution in [0.3, 0.4) is 0 Å². The highest BCUT2D eigenvalue weighted by molar-refractivity contribution is 7.47. The fraction of sp³-hybridized carbons (Fsp3) is 0.763. The van der Waals surface area contributed by atoms with Gasteiger partial charge in [0.1, 0.15) is 0 Å². The van der Waals surface area contributed by atoms with Crippen LogP contribution < -0.4 is 11.1 Å². The maximum absolute atomic E-state index is 12.6. The van der Waals surface area contributed by atoms with Crippen molar-refractivity contribution in [1.82, 2.24) is 5.32 Å². The summed E-state index contributed by atoms with van der Waals surface area (Å²) in [7, 11) is -4.34. The Morgan fingerprint density at radius 2 is 1.17 bits per heavy atom. The number of carbonyl (C=O) groups excluding carboxylic acids is 1. The van der Waals surface area contributed by atoms with E-state index in [0.29, 0.717) is 6.42 Å². The van der Waals surface area contributed by atoms with Crippen molar-refractivity contribution in [2.45, 2.75) is 167 Å². The van der Waals surface area contributed by atoms with Crippen LogP contribution in [0.25, 0.3) is 0 Å². The molecule has 0 bridgehead atoms. The minimum Gasteiger partial charge on any atom is -0.387 e. The molecule has 9 heteroatoms. The summed E-state index contributed by atoms with van der Waals surface area (Å²) in [5, 5.41) is 13.5. The van der Waals surface area contributed by atoms with Gasteiger partial charge in [-0.1, -0.05) is 133 Å². The SMILES string of the molecule is CCC/C=C\CCCCCCCC(=O)NC(COP(=O)(O)OCCN)C(O)/C=C/CC/C=C/CC/C=C/CCCCCCCCCC. The molecule has 0 saturated heterocycles. The van der Waals surface area contributed by atoms with E-state index >= 15 is 0 Å². The van der Waals surface area contributed by atoms with E-state index in [1.165, 1.54) is 64.2 Å². The largest absolute Gasteiger partial charge is 0.472 e. The minimum atomic E-state index is -4.34. The van der Waals surface area contributed by atoms with Gasteiger partial charge in [0.2, 0.25) is 5.91 Å². The van der Waals surface area contributed by atoms with E-state index in [9.17, 15) is 19.4 Å². The average Bonchev–Trinajstić information content (AvgIpc) is 3.05. The van der Waals surface area contributed by atoms with Gasteiger partial charge in [-0.05, 0) is 64.2 Å². The molecule has 0 saturated carbocycles. The van der Waals surface area contributed by atoms with Crippen molar-refractivity contribution >= 4 is 13.7 Å². The Morgan fingerprint density at radius 3 is 1.72 bits per heavy atom. The Bertz CT molecular complexity index is 876. The van der Waals surface area contributed by atoms with Gasteiger partial charge >= 0.3 is 7.82 Å². The van der Waals surface area contributed by atoms with Crippen molar-refractivity contribution in [3.05, 3.63) is 48.6 Å². The van der Waals surface area contributed by atoms with Gasteiger partial charge in [-0.3, -0.25) is 13.8 Å². The second-order valence-electron chi connectivity index (χ2n) is 12.4. The number of unbranched alkanes of at least 4 members (excludes halogenated alkanes) is 16. The van der Waals surface area contributed by atoms with Crippen LogP contribution in [-0.4, -0.2) is 47.8 Å². The second kappa shape index (κ2) is 34.3. The molecule has 0 aromatic carbocycles.